The van der Waals surface area contributed by atoms with Crippen molar-refractivity contribution in [2.24, 2.45) is 5.84 Å². The summed E-state index contributed by atoms with van der Waals surface area (Å²) in [4.78, 5) is 14.4. The van der Waals surface area contributed by atoms with Gasteiger partial charge in [-0.2, -0.15) is 15.0 Å². The van der Waals surface area contributed by atoms with Crippen LogP contribution in [0.5, 0.6) is 0 Å². The second-order valence-electron chi connectivity index (χ2n) is 5.81. The quantitative estimate of drug-likeness (QED) is 0.357. The first-order chi connectivity index (χ1) is 10.0. The van der Waals surface area contributed by atoms with Crippen LogP contribution in [0, 0.1) is 0 Å². The number of anilines is 3. The van der Waals surface area contributed by atoms with E-state index in [4.69, 9.17) is 5.84 Å². The molecule has 0 aliphatic heterocycles. The van der Waals surface area contributed by atoms with E-state index in [0.29, 0.717) is 24.4 Å². The topological polar surface area (TPSA) is 112 Å². The number of hydrazine groups is 1. The van der Waals surface area contributed by atoms with E-state index < -0.39 is 5.60 Å². The maximum atomic E-state index is 10.6. The normalized spacial score (nSPS) is 17.9. The van der Waals surface area contributed by atoms with E-state index in [2.05, 4.69) is 25.7 Å². The van der Waals surface area contributed by atoms with Crippen LogP contribution in [-0.4, -0.2) is 46.3 Å². The number of hydrogen-bond acceptors (Lipinski definition) is 8. The minimum absolute atomic E-state index is 0.295. The lowest BCUT2D eigenvalue weighted by Gasteiger charge is -2.27. The number of rotatable bonds is 5. The zero-order valence-electron chi connectivity index (χ0n) is 12.8. The van der Waals surface area contributed by atoms with Crippen molar-refractivity contribution < 1.29 is 5.11 Å². The fourth-order valence-electron chi connectivity index (χ4n) is 2.52. The molecule has 1 aromatic heterocycles. The molecule has 1 fully saturated rings. The summed E-state index contributed by atoms with van der Waals surface area (Å²) in [6, 6.07) is 0. The third-order valence-corrected chi connectivity index (χ3v) is 3.76. The Bertz CT molecular complexity index is 458. The van der Waals surface area contributed by atoms with Gasteiger partial charge in [-0.05, 0) is 12.8 Å². The van der Waals surface area contributed by atoms with Crippen molar-refractivity contribution in [3.05, 3.63) is 0 Å². The first-order valence-electron chi connectivity index (χ1n) is 7.39. The largest absolute Gasteiger partial charge is 0.388 e. The predicted molar refractivity (Wildman–Crippen MR) is 83.1 cm³/mol. The van der Waals surface area contributed by atoms with Gasteiger partial charge in [0.2, 0.25) is 17.8 Å². The summed E-state index contributed by atoms with van der Waals surface area (Å²) in [7, 11) is 3.69. The van der Waals surface area contributed by atoms with Crippen molar-refractivity contribution in [2.45, 2.75) is 44.1 Å². The van der Waals surface area contributed by atoms with Crippen LogP contribution in [0.3, 0.4) is 0 Å². The Morgan fingerprint density at radius 3 is 2.29 bits per heavy atom. The highest BCUT2D eigenvalue weighted by Crippen LogP contribution is 2.27. The van der Waals surface area contributed by atoms with Gasteiger partial charge in [-0.25, -0.2) is 5.84 Å². The van der Waals surface area contributed by atoms with Gasteiger partial charge in [0.25, 0.3) is 0 Å². The maximum Gasteiger partial charge on any atom is 0.243 e. The molecule has 1 saturated carbocycles. The molecule has 1 aliphatic rings. The van der Waals surface area contributed by atoms with Crippen LogP contribution in [0.1, 0.15) is 38.5 Å². The van der Waals surface area contributed by atoms with Gasteiger partial charge in [-0.15, -0.1) is 0 Å². The van der Waals surface area contributed by atoms with E-state index in [-0.39, 0.29) is 0 Å². The zero-order chi connectivity index (χ0) is 15.3. The lowest BCUT2D eigenvalue weighted by molar-refractivity contribution is 0.0379. The molecule has 0 spiro atoms. The molecule has 1 aromatic rings. The van der Waals surface area contributed by atoms with Crippen molar-refractivity contribution in [1.29, 1.82) is 0 Å². The Morgan fingerprint density at radius 2 is 1.71 bits per heavy atom. The smallest absolute Gasteiger partial charge is 0.243 e. The molecule has 0 aromatic carbocycles. The summed E-state index contributed by atoms with van der Waals surface area (Å²) < 4.78 is 0. The minimum atomic E-state index is -0.683. The van der Waals surface area contributed by atoms with Gasteiger partial charge >= 0.3 is 0 Å². The van der Waals surface area contributed by atoms with Gasteiger partial charge < -0.3 is 15.3 Å². The van der Waals surface area contributed by atoms with Crippen molar-refractivity contribution >= 4 is 17.8 Å². The van der Waals surface area contributed by atoms with E-state index in [1.54, 1.807) is 4.90 Å². The SMILES string of the molecule is CN(C)c1nc(NN)nc(NCC2(O)CCCCCC2)n1. The van der Waals surface area contributed by atoms with Gasteiger partial charge in [-0.3, -0.25) is 5.43 Å². The zero-order valence-corrected chi connectivity index (χ0v) is 12.8. The molecule has 118 valence electrons. The number of aromatic nitrogens is 3. The number of nitrogen functional groups attached to an aromatic ring is 1. The number of nitrogens with zero attached hydrogens (tertiary/aromatic N) is 4. The van der Waals surface area contributed by atoms with Crippen LogP contribution in [-0.2, 0) is 0 Å². The van der Waals surface area contributed by atoms with Crippen LogP contribution in [0.25, 0.3) is 0 Å². The number of aliphatic hydroxyl groups is 1. The monoisotopic (exact) mass is 295 g/mol. The summed E-state index contributed by atoms with van der Waals surface area (Å²) in [5, 5.41) is 13.8. The van der Waals surface area contributed by atoms with Crippen LogP contribution in [0.4, 0.5) is 17.8 Å². The average Bonchev–Trinajstić information content (AvgIpc) is 2.70. The molecule has 2 rings (SSSR count). The van der Waals surface area contributed by atoms with E-state index in [1.807, 2.05) is 14.1 Å². The summed E-state index contributed by atoms with van der Waals surface area (Å²) in [6.07, 6.45) is 6.14. The Hall–Kier alpha value is -1.67. The van der Waals surface area contributed by atoms with Crippen LogP contribution in [0.2, 0.25) is 0 Å². The molecule has 0 unspecified atom stereocenters. The highest BCUT2D eigenvalue weighted by molar-refractivity contribution is 5.42. The molecule has 1 heterocycles. The first kappa shape index (κ1) is 15.7. The van der Waals surface area contributed by atoms with E-state index in [0.717, 1.165) is 25.7 Å². The highest BCUT2D eigenvalue weighted by atomic mass is 16.3. The molecule has 0 radical (unpaired) electrons. The van der Waals surface area contributed by atoms with Crippen LogP contribution < -0.4 is 21.5 Å². The summed E-state index contributed by atoms with van der Waals surface area (Å²) in [6.45, 7) is 0.438. The highest BCUT2D eigenvalue weighted by Gasteiger charge is 2.28. The Labute approximate surface area is 125 Å². The molecule has 21 heavy (non-hydrogen) atoms. The molecule has 0 saturated heterocycles. The molecular weight excluding hydrogens is 270 g/mol. The molecule has 8 heteroatoms. The van der Waals surface area contributed by atoms with Crippen LogP contribution in [0.15, 0.2) is 0 Å². The first-order valence-corrected chi connectivity index (χ1v) is 7.39. The average molecular weight is 295 g/mol. The van der Waals surface area contributed by atoms with Crippen LogP contribution >= 0.6 is 0 Å². The summed E-state index contributed by atoms with van der Waals surface area (Å²) in [5.41, 5.74) is 1.75. The van der Waals surface area contributed by atoms with E-state index >= 15 is 0 Å². The number of nitrogens with one attached hydrogen (secondary N) is 2. The lowest BCUT2D eigenvalue weighted by Crippen LogP contribution is -2.36. The molecule has 8 nitrogen and oxygen atoms in total. The number of nitrogens with two attached hydrogens (primary N) is 1. The fraction of sp³-hybridized carbons (Fsp3) is 0.769. The molecular formula is C13H25N7O. The second-order valence-corrected chi connectivity index (χ2v) is 5.81. The predicted octanol–water partition coefficient (Wildman–Crippen LogP) is 0.720. The van der Waals surface area contributed by atoms with Gasteiger partial charge in [0.15, 0.2) is 0 Å². The Balaban J connectivity index is 2.06. The third kappa shape index (κ3) is 4.40. The van der Waals surface area contributed by atoms with E-state index in [9.17, 15) is 5.11 Å². The van der Waals surface area contributed by atoms with Gasteiger partial charge in [-0.1, -0.05) is 25.7 Å². The maximum absolute atomic E-state index is 10.6. The Kier molecular flexibility index (Phi) is 5.13. The standard InChI is InChI=1S/C13H25N7O/c1-20(2)12-17-10(16-11(18-12)19-14)15-9-13(21)7-5-3-4-6-8-13/h21H,3-9,14H2,1-2H3,(H2,15,16,17,18,19). The van der Waals surface area contributed by atoms with Gasteiger partial charge in [0.1, 0.15) is 0 Å². The van der Waals surface area contributed by atoms with E-state index in [1.165, 1.54) is 12.8 Å². The molecule has 0 amide bonds. The lowest BCUT2D eigenvalue weighted by atomic mass is 9.95. The second kappa shape index (κ2) is 6.86. The molecule has 0 atom stereocenters. The fourth-order valence-corrected chi connectivity index (χ4v) is 2.52. The summed E-state index contributed by atoms with van der Waals surface area (Å²) in [5.74, 6) is 6.59. The molecule has 1 aliphatic carbocycles. The third-order valence-electron chi connectivity index (χ3n) is 3.76. The molecule has 5 N–H and O–H groups in total. The van der Waals surface area contributed by atoms with Crippen molar-refractivity contribution in [3.8, 4) is 0 Å². The van der Waals surface area contributed by atoms with Gasteiger partial charge in [0, 0.05) is 20.6 Å². The minimum Gasteiger partial charge on any atom is -0.388 e. The summed E-state index contributed by atoms with van der Waals surface area (Å²) >= 11 is 0. The van der Waals surface area contributed by atoms with Crippen molar-refractivity contribution in [2.75, 3.05) is 36.3 Å². The number of hydrogen-bond donors (Lipinski definition) is 4. The Morgan fingerprint density at radius 1 is 1.10 bits per heavy atom. The van der Waals surface area contributed by atoms with Crippen molar-refractivity contribution in [3.63, 3.8) is 0 Å². The van der Waals surface area contributed by atoms with Crippen molar-refractivity contribution in [1.82, 2.24) is 15.0 Å². The van der Waals surface area contributed by atoms with Gasteiger partial charge in [0.05, 0.1) is 5.60 Å². The molecule has 0 bridgehead atoms.